The number of carbonyl (C=O) groups is 1. The SMILES string of the molecule is COc1ccc2cc(CN(C)C(=O)CN[C@H](C)c3ccco3)ccc2c1. The number of amides is 1. The van der Waals surface area contributed by atoms with E-state index in [1.807, 2.05) is 50.4 Å². The molecule has 5 heteroatoms. The molecule has 1 heterocycles. The molecule has 0 aliphatic carbocycles. The summed E-state index contributed by atoms with van der Waals surface area (Å²) in [6, 6.07) is 15.9. The fourth-order valence-electron chi connectivity index (χ4n) is 2.87. The number of nitrogens with one attached hydrogen (secondary N) is 1. The molecule has 3 aromatic rings. The molecule has 0 saturated carbocycles. The Morgan fingerprint density at radius 1 is 1.19 bits per heavy atom. The Labute approximate surface area is 153 Å². The molecule has 0 fully saturated rings. The first-order valence-corrected chi connectivity index (χ1v) is 8.64. The highest BCUT2D eigenvalue weighted by Crippen LogP contribution is 2.22. The van der Waals surface area contributed by atoms with Gasteiger partial charge in [0.2, 0.25) is 5.91 Å². The zero-order valence-electron chi connectivity index (χ0n) is 15.4. The molecule has 1 N–H and O–H groups in total. The maximum Gasteiger partial charge on any atom is 0.236 e. The third-order valence-corrected chi connectivity index (χ3v) is 4.49. The van der Waals surface area contributed by atoms with Gasteiger partial charge in [-0.3, -0.25) is 10.1 Å². The number of hydrogen-bond acceptors (Lipinski definition) is 4. The number of nitrogens with zero attached hydrogens (tertiary/aromatic N) is 1. The predicted molar refractivity (Wildman–Crippen MR) is 102 cm³/mol. The van der Waals surface area contributed by atoms with Crippen LogP contribution in [0.25, 0.3) is 10.8 Å². The van der Waals surface area contributed by atoms with Gasteiger partial charge in [-0.15, -0.1) is 0 Å². The largest absolute Gasteiger partial charge is 0.497 e. The Hall–Kier alpha value is -2.79. The topological polar surface area (TPSA) is 54.7 Å². The summed E-state index contributed by atoms with van der Waals surface area (Å²) in [7, 11) is 3.48. The van der Waals surface area contributed by atoms with Crippen LogP contribution in [0.15, 0.2) is 59.2 Å². The molecule has 0 aliphatic heterocycles. The number of rotatable bonds is 7. The van der Waals surface area contributed by atoms with Crippen molar-refractivity contribution in [3.8, 4) is 5.75 Å². The number of hydrogen-bond donors (Lipinski definition) is 1. The molecule has 0 unspecified atom stereocenters. The lowest BCUT2D eigenvalue weighted by Gasteiger charge is -2.19. The van der Waals surface area contributed by atoms with Gasteiger partial charge in [-0.1, -0.05) is 18.2 Å². The van der Waals surface area contributed by atoms with Crippen molar-refractivity contribution < 1.29 is 13.9 Å². The van der Waals surface area contributed by atoms with Gasteiger partial charge in [0.25, 0.3) is 0 Å². The van der Waals surface area contributed by atoms with E-state index in [4.69, 9.17) is 9.15 Å². The molecule has 0 saturated heterocycles. The van der Waals surface area contributed by atoms with Crippen LogP contribution in [0.4, 0.5) is 0 Å². The summed E-state index contributed by atoms with van der Waals surface area (Å²) in [6.45, 7) is 2.81. The average Bonchev–Trinajstić information content (AvgIpc) is 3.20. The van der Waals surface area contributed by atoms with Crippen molar-refractivity contribution in [3.63, 3.8) is 0 Å². The van der Waals surface area contributed by atoms with Crippen LogP contribution in [0, 0.1) is 0 Å². The molecule has 0 spiro atoms. The number of carbonyl (C=O) groups excluding carboxylic acids is 1. The van der Waals surface area contributed by atoms with Gasteiger partial charge < -0.3 is 14.1 Å². The summed E-state index contributed by atoms with van der Waals surface area (Å²) in [6.07, 6.45) is 1.64. The second-order valence-electron chi connectivity index (χ2n) is 6.42. The molecule has 136 valence electrons. The summed E-state index contributed by atoms with van der Waals surface area (Å²) in [5.41, 5.74) is 1.09. The smallest absolute Gasteiger partial charge is 0.236 e. The Bertz CT molecular complexity index is 874. The molecule has 1 aromatic heterocycles. The molecule has 1 amide bonds. The van der Waals surface area contributed by atoms with Gasteiger partial charge in [-0.25, -0.2) is 0 Å². The molecule has 26 heavy (non-hydrogen) atoms. The van der Waals surface area contributed by atoms with Gasteiger partial charge in [-0.2, -0.15) is 0 Å². The van der Waals surface area contributed by atoms with Crippen molar-refractivity contribution in [2.45, 2.75) is 19.5 Å². The number of likely N-dealkylation sites (N-methyl/N-ethyl adjacent to an activating group) is 1. The van der Waals surface area contributed by atoms with Gasteiger partial charge in [0.05, 0.1) is 26.0 Å². The van der Waals surface area contributed by atoms with Crippen molar-refractivity contribution in [2.75, 3.05) is 20.7 Å². The summed E-state index contributed by atoms with van der Waals surface area (Å²) >= 11 is 0. The highest BCUT2D eigenvalue weighted by Gasteiger charge is 2.13. The van der Waals surface area contributed by atoms with Crippen LogP contribution in [-0.4, -0.2) is 31.5 Å². The van der Waals surface area contributed by atoms with E-state index in [2.05, 4.69) is 17.4 Å². The van der Waals surface area contributed by atoms with Gasteiger partial charge in [0.15, 0.2) is 0 Å². The molecule has 3 rings (SSSR count). The number of benzene rings is 2. The molecule has 0 aliphatic rings. The first kappa shape index (κ1) is 18.0. The fourth-order valence-corrected chi connectivity index (χ4v) is 2.87. The lowest BCUT2D eigenvalue weighted by atomic mass is 10.1. The van der Waals surface area contributed by atoms with Crippen LogP contribution >= 0.6 is 0 Å². The van der Waals surface area contributed by atoms with E-state index in [1.54, 1.807) is 18.3 Å². The minimum atomic E-state index is -0.00185. The first-order chi connectivity index (χ1) is 12.6. The third kappa shape index (κ3) is 4.24. The van der Waals surface area contributed by atoms with Gasteiger partial charge in [0, 0.05) is 13.6 Å². The molecular weight excluding hydrogens is 328 g/mol. The molecule has 1 atom stereocenters. The quantitative estimate of drug-likeness (QED) is 0.704. The summed E-state index contributed by atoms with van der Waals surface area (Å²) in [5, 5.41) is 5.45. The van der Waals surface area contributed by atoms with E-state index in [9.17, 15) is 4.79 Å². The third-order valence-electron chi connectivity index (χ3n) is 4.49. The molecule has 0 bridgehead atoms. The van der Waals surface area contributed by atoms with Crippen LogP contribution in [-0.2, 0) is 11.3 Å². The zero-order chi connectivity index (χ0) is 18.5. The van der Waals surface area contributed by atoms with Gasteiger partial charge in [-0.05, 0) is 53.6 Å². The monoisotopic (exact) mass is 352 g/mol. The first-order valence-electron chi connectivity index (χ1n) is 8.64. The highest BCUT2D eigenvalue weighted by atomic mass is 16.5. The number of fused-ring (bicyclic) bond motifs is 1. The lowest BCUT2D eigenvalue weighted by molar-refractivity contribution is -0.129. The van der Waals surface area contributed by atoms with Gasteiger partial charge in [0.1, 0.15) is 11.5 Å². The second kappa shape index (κ2) is 8.06. The lowest BCUT2D eigenvalue weighted by Crippen LogP contribution is -2.36. The van der Waals surface area contributed by atoms with E-state index in [0.717, 1.165) is 27.8 Å². The van der Waals surface area contributed by atoms with Crippen LogP contribution in [0.2, 0.25) is 0 Å². The maximum absolute atomic E-state index is 12.4. The maximum atomic E-state index is 12.4. The Balaban J connectivity index is 1.59. The standard InChI is InChI=1S/C21H24N2O3/c1-15(20-5-4-10-26-20)22-13-21(24)23(2)14-16-6-7-18-12-19(25-3)9-8-17(18)11-16/h4-12,15,22H,13-14H2,1-3H3/t15-/m1/s1. The predicted octanol–water partition coefficient (Wildman–Crippen LogP) is 3.75. The van der Waals surface area contributed by atoms with Crippen LogP contribution in [0.3, 0.4) is 0 Å². The van der Waals surface area contributed by atoms with E-state index >= 15 is 0 Å². The number of furan rings is 1. The van der Waals surface area contributed by atoms with Crippen LogP contribution < -0.4 is 10.1 Å². The highest BCUT2D eigenvalue weighted by molar-refractivity contribution is 5.84. The second-order valence-corrected chi connectivity index (χ2v) is 6.42. The fraction of sp³-hybridized carbons (Fsp3) is 0.286. The van der Waals surface area contributed by atoms with E-state index < -0.39 is 0 Å². The number of methoxy groups -OCH3 is 1. The summed E-state index contributed by atoms with van der Waals surface area (Å²) < 4.78 is 10.6. The van der Waals surface area contributed by atoms with E-state index in [-0.39, 0.29) is 18.5 Å². The van der Waals surface area contributed by atoms with Crippen molar-refractivity contribution >= 4 is 16.7 Å². The van der Waals surface area contributed by atoms with Gasteiger partial charge >= 0.3 is 0 Å². The van der Waals surface area contributed by atoms with Crippen molar-refractivity contribution in [1.82, 2.24) is 10.2 Å². The van der Waals surface area contributed by atoms with Crippen molar-refractivity contribution in [2.24, 2.45) is 0 Å². The zero-order valence-corrected chi connectivity index (χ0v) is 15.4. The summed E-state index contributed by atoms with van der Waals surface area (Å²) in [4.78, 5) is 14.1. The Kier molecular flexibility index (Phi) is 5.58. The van der Waals surface area contributed by atoms with Crippen LogP contribution in [0.5, 0.6) is 5.75 Å². The van der Waals surface area contributed by atoms with E-state index in [0.29, 0.717) is 6.54 Å². The minimum absolute atomic E-state index is 0.00185. The molecule has 2 aromatic carbocycles. The molecule has 0 radical (unpaired) electrons. The number of ether oxygens (including phenoxy) is 1. The summed E-state index contributed by atoms with van der Waals surface area (Å²) in [5.74, 6) is 1.71. The molecular formula is C21H24N2O3. The van der Waals surface area contributed by atoms with E-state index in [1.165, 1.54) is 0 Å². The Morgan fingerprint density at radius 3 is 2.69 bits per heavy atom. The molecule has 5 nitrogen and oxygen atoms in total. The van der Waals surface area contributed by atoms with Crippen molar-refractivity contribution in [3.05, 3.63) is 66.1 Å². The van der Waals surface area contributed by atoms with Crippen molar-refractivity contribution in [1.29, 1.82) is 0 Å². The Morgan fingerprint density at radius 2 is 1.96 bits per heavy atom. The normalized spacial score (nSPS) is 12.1. The van der Waals surface area contributed by atoms with Crippen LogP contribution in [0.1, 0.15) is 24.3 Å². The minimum Gasteiger partial charge on any atom is -0.497 e. The average molecular weight is 352 g/mol.